The number of hydrogen-bond acceptors (Lipinski definition) is 3. The van der Waals surface area contributed by atoms with E-state index < -0.39 is 0 Å². The van der Waals surface area contributed by atoms with Crippen molar-refractivity contribution in [1.82, 2.24) is 0 Å². The molecule has 0 saturated heterocycles. The highest BCUT2D eigenvalue weighted by Gasteiger charge is 2.26. The third kappa shape index (κ3) is 2.93. The Labute approximate surface area is 85.3 Å². The Morgan fingerprint density at radius 3 is 2.86 bits per heavy atom. The van der Waals surface area contributed by atoms with Gasteiger partial charge in [0.2, 0.25) is 0 Å². The molecule has 0 aromatic rings. The Morgan fingerprint density at radius 2 is 2.36 bits per heavy atom. The Balaban J connectivity index is 2.37. The van der Waals surface area contributed by atoms with Gasteiger partial charge in [-0.15, -0.1) is 0 Å². The molecule has 0 radical (unpaired) electrons. The van der Waals surface area contributed by atoms with Gasteiger partial charge in [-0.05, 0) is 12.8 Å². The summed E-state index contributed by atoms with van der Waals surface area (Å²) >= 11 is 0. The third-order valence-corrected chi connectivity index (χ3v) is 2.72. The first-order valence-corrected chi connectivity index (χ1v) is 5.11. The van der Waals surface area contributed by atoms with E-state index in [-0.39, 0.29) is 17.9 Å². The van der Waals surface area contributed by atoms with Gasteiger partial charge in [-0.1, -0.05) is 19.1 Å². The second-order valence-electron chi connectivity index (χ2n) is 3.98. The zero-order valence-electron chi connectivity index (χ0n) is 8.90. The summed E-state index contributed by atoms with van der Waals surface area (Å²) in [5.74, 6) is 0.415. The van der Waals surface area contributed by atoms with E-state index in [9.17, 15) is 4.79 Å². The summed E-state index contributed by atoms with van der Waals surface area (Å²) < 4.78 is 4.95. The first kappa shape index (κ1) is 11.4. The molecule has 0 amide bonds. The summed E-state index contributed by atoms with van der Waals surface area (Å²) in [7, 11) is 1.66. The van der Waals surface area contributed by atoms with Gasteiger partial charge in [0.05, 0.1) is 0 Å². The van der Waals surface area contributed by atoms with Crippen molar-refractivity contribution in [1.29, 1.82) is 0 Å². The van der Waals surface area contributed by atoms with Crippen molar-refractivity contribution in [2.75, 3.05) is 13.7 Å². The fourth-order valence-corrected chi connectivity index (χ4v) is 1.74. The van der Waals surface area contributed by atoms with Crippen LogP contribution < -0.4 is 5.73 Å². The predicted octanol–water partition coefficient (Wildman–Crippen LogP) is 1.13. The maximum Gasteiger partial charge on any atom is 0.142 e. The number of carbonyl (C=O) groups is 1. The number of allylic oxidation sites excluding steroid dienone is 1. The van der Waals surface area contributed by atoms with E-state index in [1.807, 2.05) is 19.1 Å². The molecule has 80 valence electrons. The standard InChI is InChI=1S/C11H19NO2/c1-8(5-6-14-2)11(13)9-3-4-10(12)7-9/h3-4,8-10H,5-7,12H2,1-2H3. The molecule has 3 heteroatoms. The molecule has 1 rings (SSSR count). The van der Waals surface area contributed by atoms with Crippen molar-refractivity contribution in [2.24, 2.45) is 17.6 Å². The molecule has 0 saturated carbocycles. The summed E-state index contributed by atoms with van der Waals surface area (Å²) in [6.07, 6.45) is 5.44. The minimum absolute atomic E-state index is 0.0388. The van der Waals surface area contributed by atoms with Gasteiger partial charge in [-0.25, -0.2) is 0 Å². The van der Waals surface area contributed by atoms with Crippen LogP contribution in [0.5, 0.6) is 0 Å². The largest absolute Gasteiger partial charge is 0.385 e. The number of ether oxygens (including phenoxy) is 1. The molecule has 3 nitrogen and oxygen atoms in total. The topological polar surface area (TPSA) is 52.3 Å². The number of carbonyl (C=O) groups excluding carboxylic acids is 1. The molecule has 0 fully saturated rings. The zero-order chi connectivity index (χ0) is 10.6. The van der Waals surface area contributed by atoms with Gasteiger partial charge in [-0.3, -0.25) is 4.79 Å². The molecule has 2 N–H and O–H groups in total. The summed E-state index contributed by atoms with van der Waals surface area (Å²) in [6, 6.07) is 0.0681. The number of methoxy groups -OCH3 is 1. The molecular formula is C11H19NO2. The predicted molar refractivity (Wildman–Crippen MR) is 55.9 cm³/mol. The molecule has 1 aliphatic rings. The Hall–Kier alpha value is -0.670. The third-order valence-electron chi connectivity index (χ3n) is 2.72. The van der Waals surface area contributed by atoms with Crippen LogP contribution in [0.1, 0.15) is 19.8 Å². The summed E-state index contributed by atoms with van der Waals surface area (Å²) in [4.78, 5) is 11.8. The maximum absolute atomic E-state index is 11.8. The van der Waals surface area contributed by atoms with Crippen molar-refractivity contribution in [3.63, 3.8) is 0 Å². The Morgan fingerprint density at radius 1 is 1.64 bits per heavy atom. The van der Waals surface area contributed by atoms with E-state index in [2.05, 4.69) is 0 Å². The van der Waals surface area contributed by atoms with Crippen LogP contribution in [0.2, 0.25) is 0 Å². The summed E-state index contributed by atoms with van der Waals surface area (Å²) in [5, 5.41) is 0. The number of nitrogens with two attached hydrogens (primary N) is 1. The van der Waals surface area contributed by atoms with E-state index in [4.69, 9.17) is 10.5 Å². The van der Waals surface area contributed by atoms with Crippen LogP contribution in [0.3, 0.4) is 0 Å². The highest BCUT2D eigenvalue weighted by molar-refractivity contribution is 5.85. The average Bonchev–Trinajstić information content (AvgIpc) is 2.60. The van der Waals surface area contributed by atoms with E-state index in [1.165, 1.54) is 0 Å². The first-order valence-electron chi connectivity index (χ1n) is 5.11. The fourth-order valence-electron chi connectivity index (χ4n) is 1.74. The lowest BCUT2D eigenvalue weighted by atomic mass is 9.91. The molecule has 3 unspecified atom stereocenters. The number of Topliss-reactive ketones (excluding diaryl/α,β-unsaturated/α-hetero) is 1. The van der Waals surface area contributed by atoms with Gasteiger partial charge in [0, 0.05) is 31.6 Å². The molecular weight excluding hydrogens is 178 g/mol. The van der Waals surface area contributed by atoms with Crippen molar-refractivity contribution in [2.45, 2.75) is 25.8 Å². The molecule has 0 aromatic carbocycles. The highest BCUT2D eigenvalue weighted by Crippen LogP contribution is 2.22. The van der Waals surface area contributed by atoms with Crippen molar-refractivity contribution in [3.8, 4) is 0 Å². The van der Waals surface area contributed by atoms with E-state index in [1.54, 1.807) is 7.11 Å². The number of rotatable bonds is 5. The summed E-state index contributed by atoms with van der Waals surface area (Å²) in [5.41, 5.74) is 5.70. The van der Waals surface area contributed by atoms with E-state index in [0.29, 0.717) is 12.4 Å². The van der Waals surface area contributed by atoms with Crippen LogP contribution in [0, 0.1) is 11.8 Å². The molecule has 0 aliphatic heterocycles. The number of ketones is 1. The second-order valence-corrected chi connectivity index (χ2v) is 3.98. The van der Waals surface area contributed by atoms with E-state index in [0.717, 1.165) is 12.8 Å². The van der Waals surface area contributed by atoms with Crippen LogP contribution in [0.15, 0.2) is 12.2 Å². The van der Waals surface area contributed by atoms with Crippen LogP contribution in [-0.2, 0) is 9.53 Å². The molecule has 1 aliphatic carbocycles. The molecule has 0 heterocycles. The average molecular weight is 197 g/mol. The van der Waals surface area contributed by atoms with Gasteiger partial charge in [0.15, 0.2) is 0 Å². The van der Waals surface area contributed by atoms with Gasteiger partial charge >= 0.3 is 0 Å². The van der Waals surface area contributed by atoms with Crippen molar-refractivity contribution in [3.05, 3.63) is 12.2 Å². The molecule has 0 spiro atoms. The quantitative estimate of drug-likeness (QED) is 0.672. The fraction of sp³-hybridized carbons (Fsp3) is 0.727. The number of hydrogen-bond donors (Lipinski definition) is 1. The lowest BCUT2D eigenvalue weighted by Crippen LogP contribution is -2.23. The Bertz CT molecular complexity index is 225. The molecule has 0 bridgehead atoms. The van der Waals surface area contributed by atoms with E-state index >= 15 is 0 Å². The van der Waals surface area contributed by atoms with Gasteiger partial charge in [0.25, 0.3) is 0 Å². The highest BCUT2D eigenvalue weighted by atomic mass is 16.5. The van der Waals surface area contributed by atoms with Gasteiger partial charge < -0.3 is 10.5 Å². The smallest absolute Gasteiger partial charge is 0.142 e. The zero-order valence-corrected chi connectivity index (χ0v) is 8.90. The maximum atomic E-state index is 11.8. The van der Waals surface area contributed by atoms with Crippen LogP contribution >= 0.6 is 0 Å². The van der Waals surface area contributed by atoms with Gasteiger partial charge in [0.1, 0.15) is 5.78 Å². The molecule has 0 aromatic heterocycles. The van der Waals surface area contributed by atoms with Gasteiger partial charge in [-0.2, -0.15) is 0 Å². The minimum Gasteiger partial charge on any atom is -0.385 e. The van der Waals surface area contributed by atoms with Crippen LogP contribution in [0.4, 0.5) is 0 Å². The molecule has 14 heavy (non-hydrogen) atoms. The van der Waals surface area contributed by atoms with Crippen LogP contribution in [-0.4, -0.2) is 25.5 Å². The van der Waals surface area contributed by atoms with Crippen molar-refractivity contribution < 1.29 is 9.53 Å². The Kier molecular flexibility index (Phi) is 4.29. The summed E-state index contributed by atoms with van der Waals surface area (Å²) in [6.45, 7) is 2.61. The second kappa shape index (κ2) is 5.27. The lowest BCUT2D eigenvalue weighted by Gasteiger charge is -2.14. The monoisotopic (exact) mass is 197 g/mol. The first-order chi connectivity index (χ1) is 6.65. The lowest BCUT2D eigenvalue weighted by molar-refractivity contribution is -0.125. The van der Waals surface area contributed by atoms with Crippen molar-refractivity contribution >= 4 is 5.78 Å². The normalized spacial score (nSPS) is 27.9. The minimum atomic E-state index is 0.0388. The van der Waals surface area contributed by atoms with Crippen LogP contribution in [0.25, 0.3) is 0 Å². The molecule has 3 atom stereocenters. The SMILES string of the molecule is COCCC(C)C(=O)C1C=CC(N)C1.